The number of fused-ring (bicyclic) bond motifs is 1. The molecule has 2 rings (SSSR count). The quantitative estimate of drug-likeness (QED) is 0.504. The van der Waals surface area contributed by atoms with Gasteiger partial charge in [-0.1, -0.05) is 0 Å². The zero-order chi connectivity index (χ0) is 12.3. The molecule has 17 heavy (non-hydrogen) atoms. The number of carbonyl (C=O) groups excluding carboxylic acids is 2. The Kier molecular flexibility index (Phi) is 3.96. The molecule has 0 aromatic heterocycles. The van der Waals surface area contributed by atoms with Crippen LogP contribution in [0, 0.1) is 0 Å². The lowest BCUT2D eigenvalue weighted by atomic mass is 10.2. The Morgan fingerprint density at radius 3 is 3.12 bits per heavy atom. The van der Waals surface area contributed by atoms with Gasteiger partial charge in [0.1, 0.15) is 0 Å². The highest BCUT2D eigenvalue weighted by Gasteiger charge is 2.32. The van der Waals surface area contributed by atoms with E-state index in [2.05, 4.69) is 15.0 Å². The Labute approximate surface area is 100 Å². The van der Waals surface area contributed by atoms with Crippen molar-refractivity contribution >= 4 is 11.9 Å². The number of amides is 1. The van der Waals surface area contributed by atoms with E-state index in [4.69, 9.17) is 4.74 Å². The molecule has 0 spiro atoms. The highest BCUT2D eigenvalue weighted by molar-refractivity contribution is 6.32. The fourth-order valence-electron chi connectivity index (χ4n) is 2.38. The molecule has 96 valence electrons. The van der Waals surface area contributed by atoms with E-state index in [9.17, 15) is 9.59 Å². The lowest BCUT2D eigenvalue weighted by Gasteiger charge is -2.35. The van der Waals surface area contributed by atoms with Crippen molar-refractivity contribution in [2.45, 2.75) is 25.0 Å². The molecule has 1 amide bonds. The Hall–Kier alpha value is -1.14. The molecule has 2 aliphatic heterocycles. The highest BCUT2D eigenvalue weighted by Crippen LogP contribution is 2.22. The molecule has 6 nitrogen and oxygen atoms in total. The number of ether oxygens (including phenoxy) is 2. The number of hydrogen-bond acceptors (Lipinski definition) is 5. The number of morpholine rings is 1. The fraction of sp³-hybridized carbons (Fsp3) is 0.818. The summed E-state index contributed by atoms with van der Waals surface area (Å²) in [5, 5.41) is 2.52. The van der Waals surface area contributed by atoms with Gasteiger partial charge in [0, 0.05) is 19.1 Å². The monoisotopic (exact) mass is 242 g/mol. The summed E-state index contributed by atoms with van der Waals surface area (Å²) in [4.78, 5) is 24.5. The van der Waals surface area contributed by atoms with E-state index in [0.717, 1.165) is 19.7 Å². The number of esters is 1. The van der Waals surface area contributed by atoms with E-state index in [1.807, 2.05) is 0 Å². The van der Waals surface area contributed by atoms with Crippen LogP contribution in [-0.4, -0.2) is 62.3 Å². The van der Waals surface area contributed by atoms with Crippen LogP contribution in [0.1, 0.15) is 12.8 Å². The van der Waals surface area contributed by atoms with Gasteiger partial charge in [0.05, 0.1) is 19.8 Å². The van der Waals surface area contributed by atoms with E-state index < -0.39 is 11.9 Å². The van der Waals surface area contributed by atoms with Crippen LogP contribution < -0.4 is 5.32 Å². The van der Waals surface area contributed by atoms with Gasteiger partial charge in [-0.2, -0.15) is 0 Å². The first kappa shape index (κ1) is 12.3. The second-order valence-electron chi connectivity index (χ2n) is 4.45. The normalized spacial score (nSPS) is 28.5. The third-order valence-electron chi connectivity index (χ3n) is 3.32. The summed E-state index contributed by atoms with van der Waals surface area (Å²) in [7, 11) is 1.19. The summed E-state index contributed by atoms with van der Waals surface area (Å²) in [6.07, 6.45) is 2.38. The van der Waals surface area contributed by atoms with Crippen LogP contribution in [0.5, 0.6) is 0 Å². The van der Waals surface area contributed by atoms with Crippen molar-refractivity contribution in [3.63, 3.8) is 0 Å². The van der Waals surface area contributed by atoms with Crippen molar-refractivity contribution in [1.29, 1.82) is 0 Å². The molecule has 0 aromatic carbocycles. The Morgan fingerprint density at radius 1 is 1.53 bits per heavy atom. The maximum Gasteiger partial charge on any atom is 0.396 e. The second-order valence-corrected chi connectivity index (χ2v) is 4.45. The molecule has 0 bridgehead atoms. The van der Waals surface area contributed by atoms with E-state index >= 15 is 0 Å². The minimum absolute atomic E-state index is 0.0297. The Bertz CT molecular complexity index is 308. The van der Waals surface area contributed by atoms with Crippen LogP contribution in [0.3, 0.4) is 0 Å². The van der Waals surface area contributed by atoms with Crippen molar-refractivity contribution in [3.05, 3.63) is 0 Å². The third-order valence-corrected chi connectivity index (χ3v) is 3.32. The molecule has 1 N–H and O–H groups in total. The van der Waals surface area contributed by atoms with Crippen molar-refractivity contribution < 1.29 is 19.1 Å². The SMILES string of the molecule is COC(=O)C(=O)NCC1CN2CCCC2CO1. The van der Waals surface area contributed by atoms with Gasteiger partial charge in [0.25, 0.3) is 0 Å². The van der Waals surface area contributed by atoms with Gasteiger partial charge in [0.2, 0.25) is 0 Å². The minimum Gasteiger partial charge on any atom is -0.462 e. The first-order chi connectivity index (χ1) is 8.20. The maximum atomic E-state index is 11.2. The molecule has 0 aliphatic carbocycles. The largest absolute Gasteiger partial charge is 0.462 e. The molecule has 2 atom stereocenters. The molecule has 2 saturated heterocycles. The van der Waals surface area contributed by atoms with Crippen LogP contribution >= 0.6 is 0 Å². The number of carbonyl (C=O) groups is 2. The average molecular weight is 242 g/mol. The summed E-state index contributed by atoms with van der Waals surface area (Å²) in [6.45, 7) is 3.01. The minimum atomic E-state index is -0.861. The number of rotatable bonds is 2. The summed E-state index contributed by atoms with van der Waals surface area (Å²) >= 11 is 0. The van der Waals surface area contributed by atoms with Crippen molar-refractivity contribution in [3.8, 4) is 0 Å². The van der Waals surface area contributed by atoms with E-state index in [1.165, 1.54) is 20.0 Å². The molecular formula is C11H18N2O4. The molecule has 6 heteroatoms. The van der Waals surface area contributed by atoms with Gasteiger partial charge in [-0.3, -0.25) is 9.69 Å². The molecule has 0 saturated carbocycles. The summed E-state index contributed by atoms with van der Waals surface area (Å²) in [5.74, 6) is -1.57. The van der Waals surface area contributed by atoms with E-state index in [0.29, 0.717) is 12.6 Å². The van der Waals surface area contributed by atoms with Crippen LogP contribution in [0.25, 0.3) is 0 Å². The lowest BCUT2D eigenvalue weighted by molar-refractivity contribution is -0.153. The molecule has 2 fully saturated rings. The maximum absolute atomic E-state index is 11.2. The summed E-state index contributed by atoms with van der Waals surface area (Å²) in [5.41, 5.74) is 0. The zero-order valence-corrected chi connectivity index (χ0v) is 9.98. The van der Waals surface area contributed by atoms with Gasteiger partial charge >= 0.3 is 11.9 Å². The van der Waals surface area contributed by atoms with E-state index in [1.54, 1.807) is 0 Å². The number of nitrogens with zero attached hydrogens (tertiary/aromatic N) is 1. The molecule has 2 aliphatic rings. The van der Waals surface area contributed by atoms with Crippen LogP contribution in [0.2, 0.25) is 0 Å². The first-order valence-electron chi connectivity index (χ1n) is 5.92. The number of methoxy groups -OCH3 is 1. The van der Waals surface area contributed by atoms with Crippen LogP contribution in [0.4, 0.5) is 0 Å². The second kappa shape index (κ2) is 5.46. The summed E-state index contributed by atoms with van der Waals surface area (Å²) in [6, 6.07) is 0.544. The van der Waals surface area contributed by atoms with Crippen molar-refractivity contribution in [2.24, 2.45) is 0 Å². The number of nitrogens with one attached hydrogen (secondary N) is 1. The van der Waals surface area contributed by atoms with Crippen LogP contribution in [0.15, 0.2) is 0 Å². The van der Waals surface area contributed by atoms with Gasteiger partial charge in [0.15, 0.2) is 0 Å². The molecule has 2 unspecified atom stereocenters. The zero-order valence-electron chi connectivity index (χ0n) is 9.98. The van der Waals surface area contributed by atoms with E-state index in [-0.39, 0.29) is 6.10 Å². The molecular weight excluding hydrogens is 224 g/mol. The summed E-state index contributed by atoms with van der Waals surface area (Å²) < 4.78 is 9.97. The molecule has 0 radical (unpaired) electrons. The first-order valence-corrected chi connectivity index (χ1v) is 5.92. The topological polar surface area (TPSA) is 67.9 Å². The van der Waals surface area contributed by atoms with Crippen molar-refractivity contribution in [2.75, 3.05) is 33.4 Å². The Balaban J connectivity index is 1.73. The Morgan fingerprint density at radius 2 is 2.35 bits per heavy atom. The van der Waals surface area contributed by atoms with Crippen molar-refractivity contribution in [1.82, 2.24) is 10.2 Å². The average Bonchev–Trinajstić information content (AvgIpc) is 2.82. The van der Waals surface area contributed by atoms with Gasteiger partial charge in [-0.15, -0.1) is 0 Å². The van der Waals surface area contributed by atoms with Gasteiger partial charge in [-0.05, 0) is 19.4 Å². The predicted octanol–water partition coefficient (Wildman–Crippen LogP) is -0.861. The standard InChI is InChI=1S/C11H18N2O4/c1-16-11(15)10(14)12-5-9-6-13-4-2-3-8(13)7-17-9/h8-9H,2-7H2,1H3,(H,12,14). The highest BCUT2D eigenvalue weighted by atomic mass is 16.5. The van der Waals surface area contributed by atoms with Gasteiger partial charge < -0.3 is 14.8 Å². The van der Waals surface area contributed by atoms with Crippen LogP contribution in [-0.2, 0) is 19.1 Å². The molecule has 0 aromatic rings. The number of hydrogen-bond donors (Lipinski definition) is 1. The lowest BCUT2D eigenvalue weighted by Crippen LogP contribution is -2.50. The predicted molar refractivity (Wildman–Crippen MR) is 59.4 cm³/mol. The fourth-order valence-corrected chi connectivity index (χ4v) is 2.38. The third kappa shape index (κ3) is 2.95. The van der Waals surface area contributed by atoms with Gasteiger partial charge in [-0.25, -0.2) is 4.79 Å². The molecule has 2 heterocycles. The smallest absolute Gasteiger partial charge is 0.396 e.